The predicted octanol–water partition coefficient (Wildman–Crippen LogP) is 6.95. The van der Waals surface area contributed by atoms with Gasteiger partial charge < -0.3 is 19.3 Å². The van der Waals surface area contributed by atoms with E-state index in [4.69, 9.17) is 65.7 Å². The van der Waals surface area contributed by atoms with Crippen LogP contribution in [-0.2, 0) is 30.8 Å². The number of nitrogens with one attached hydrogen (secondary N) is 2. The third kappa shape index (κ3) is 13.9. The molecule has 3 aromatic heterocycles. The molecule has 3 heterocycles. The minimum atomic E-state index is -4.13. The van der Waals surface area contributed by atoms with E-state index in [1.54, 1.807) is 50.4 Å². The first kappa shape index (κ1) is 51.4. The van der Waals surface area contributed by atoms with E-state index in [0.717, 1.165) is 17.5 Å². The molecule has 0 spiro atoms. The third-order valence-corrected chi connectivity index (χ3v) is 10.8. The van der Waals surface area contributed by atoms with Crippen molar-refractivity contribution >= 4 is 91.2 Å². The number of ether oxygens (including phenoxy) is 3. The van der Waals surface area contributed by atoms with E-state index < -0.39 is 58.0 Å². The van der Waals surface area contributed by atoms with Crippen molar-refractivity contribution in [1.29, 1.82) is 0 Å². The van der Waals surface area contributed by atoms with Gasteiger partial charge in [0, 0.05) is 23.0 Å². The summed E-state index contributed by atoms with van der Waals surface area (Å²) in [6.07, 6.45) is 1.49. The van der Waals surface area contributed by atoms with Crippen LogP contribution in [0.15, 0.2) is 76.6 Å². The minimum absolute atomic E-state index is 0.00882. The Labute approximate surface area is 386 Å². The molecular formula is C38H34Cl4F3N9O10S. The molecule has 0 saturated carbocycles. The zero-order valence-corrected chi connectivity index (χ0v) is 37.8. The maximum absolute atomic E-state index is 14.2. The summed E-state index contributed by atoms with van der Waals surface area (Å²) in [7, 11) is -2.78. The second kappa shape index (κ2) is 23.1. The van der Waals surface area contributed by atoms with E-state index in [1.807, 2.05) is 4.72 Å². The first-order valence-electron chi connectivity index (χ1n) is 18.1. The monoisotopic (exact) mass is 1010 g/mol. The summed E-state index contributed by atoms with van der Waals surface area (Å²) in [5, 5.41) is 14.5. The molecule has 1 atom stereocenters. The van der Waals surface area contributed by atoms with Crippen LogP contribution in [0.5, 0.6) is 11.8 Å². The molecule has 0 saturated heterocycles. The quantitative estimate of drug-likeness (QED) is 0.0783. The first-order valence-corrected chi connectivity index (χ1v) is 21.2. The Morgan fingerprint density at radius 3 is 2.29 bits per heavy atom. The molecule has 0 aliphatic rings. The van der Waals surface area contributed by atoms with Gasteiger partial charge in [-0.25, -0.2) is 36.5 Å². The van der Waals surface area contributed by atoms with Gasteiger partial charge in [-0.15, -0.1) is 16.7 Å². The number of fused-ring (bicyclic) bond motifs is 1. The SMILES string of the molecule is CCOC(=O)C(Cl)Cc1cc(-n2nc(C)n(C(F)F)c2=O)c(F)cc1Cl.COc1nc(C)nc(NC(=O)NS(=O)(=O)c2ccccc2Cl)n1.O=C(O)COc1ccc(Cl)c2cccnc12. The molecule has 1 unspecified atom stereocenters. The Kier molecular flexibility index (Phi) is 18.2. The summed E-state index contributed by atoms with van der Waals surface area (Å²) in [5.74, 6) is -2.39. The maximum atomic E-state index is 14.2. The number of carbonyl (C=O) groups excluding carboxylic acids is 2. The highest BCUT2D eigenvalue weighted by Gasteiger charge is 2.24. The fourth-order valence-electron chi connectivity index (χ4n) is 5.21. The van der Waals surface area contributed by atoms with Gasteiger partial charge in [0.1, 0.15) is 38.9 Å². The molecule has 6 rings (SSSR count). The summed E-state index contributed by atoms with van der Waals surface area (Å²) in [6.45, 7) is 0.972. The number of esters is 1. The lowest BCUT2D eigenvalue weighted by atomic mass is 10.1. The van der Waals surface area contributed by atoms with Crippen molar-refractivity contribution in [3.63, 3.8) is 0 Å². The predicted molar refractivity (Wildman–Crippen MR) is 231 cm³/mol. The normalized spacial score (nSPS) is 11.4. The number of carboxylic acid groups (broad SMARTS) is 1. The summed E-state index contributed by atoms with van der Waals surface area (Å²) in [6, 6.07) is 13.5. The highest BCUT2D eigenvalue weighted by molar-refractivity contribution is 7.90. The molecule has 19 nitrogen and oxygen atoms in total. The van der Waals surface area contributed by atoms with Gasteiger partial charge in [-0.3, -0.25) is 15.1 Å². The number of methoxy groups -OCH3 is 1. The van der Waals surface area contributed by atoms with Crippen molar-refractivity contribution in [2.75, 3.05) is 25.6 Å². The van der Waals surface area contributed by atoms with Gasteiger partial charge in [0.2, 0.25) is 5.95 Å². The topological polar surface area (TPSA) is 249 Å². The molecule has 0 radical (unpaired) electrons. The van der Waals surface area contributed by atoms with Crippen LogP contribution in [0.25, 0.3) is 16.6 Å². The van der Waals surface area contributed by atoms with Crippen molar-refractivity contribution in [3.8, 4) is 17.4 Å². The number of aryl methyl sites for hydroxylation is 2. The molecule has 65 heavy (non-hydrogen) atoms. The Hall–Kier alpha value is -6.27. The van der Waals surface area contributed by atoms with Gasteiger partial charge >= 0.3 is 36.2 Å². The number of benzene rings is 3. The number of rotatable bonds is 13. The summed E-state index contributed by atoms with van der Waals surface area (Å²) in [5.41, 5.74) is -0.800. The van der Waals surface area contributed by atoms with Crippen LogP contribution in [0.1, 0.15) is 30.7 Å². The molecule has 3 N–H and O–H groups in total. The fraction of sp³-hybridized carbons (Fsp3) is 0.237. The molecule has 346 valence electrons. The van der Waals surface area contributed by atoms with Crippen LogP contribution in [0.2, 0.25) is 15.1 Å². The van der Waals surface area contributed by atoms with Crippen LogP contribution < -0.4 is 25.2 Å². The van der Waals surface area contributed by atoms with E-state index in [-0.39, 0.29) is 61.6 Å². The Morgan fingerprint density at radius 1 is 0.954 bits per heavy atom. The van der Waals surface area contributed by atoms with E-state index in [2.05, 4.69) is 30.4 Å². The van der Waals surface area contributed by atoms with Gasteiger partial charge in [0.15, 0.2) is 12.4 Å². The van der Waals surface area contributed by atoms with E-state index in [0.29, 0.717) is 26.8 Å². The summed E-state index contributed by atoms with van der Waals surface area (Å²) >= 11 is 23.7. The van der Waals surface area contributed by atoms with Crippen molar-refractivity contribution in [1.82, 2.24) is 39.0 Å². The molecule has 27 heteroatoms. The number of carbonyl (C=O) groups is 3. The second-order valence-electron chi connectivity index (χ2n) is 12.5. The first-order chi connectivity index (χ1) is 30.7. The van der Waals surface area contributed by atoms with Crippen LogP contribution in [0, 0.1) is 19.7 Å². The number of hydrogen-bond acceptors (Lipinski definition) is 14. The largest absolute Gasteiger partial charge is 0.480 e. The van der Waals surface area contributed by atoms with Crippen molar-refractivity contribution in [3.05, 3.63) is 115 Å². The van der Waals surface area contributed by atoms with E-state index in [1.165, 1.54) is 32.2 Å². The van der Waals surface area contributed by atoms with Crippen LogP contribution >= 0.6 is 46.4 Å². The molecule has 2 amide bonds. The average Bonchev–Trinajstić information content (AvgIpc) is 3.54. The lowest BCUT2D eigenvalue weighted by Crippen LogP contribution is -2.35. The van der Waals surface area contributed by atoms with Crippen molar-refractivity contribution in [2.45, 2.75) is 44.0 Å². The number of urea groups is 1. The Balaban J connectivity index is 0.000000219. The van der Waals surface area contributed by atoms with E-state index >= 15 is 0 Å². The molecule has 0 aliphatic heterocycles. The Bertz CT molecular complexity index is 2880. The summed E-state index contributed by atoms with van der Waals surface area (Å²) < 4.78 is 81.5. The standard InChI is InChI=1S/C15H14Cl2F3N3O3.C12H12ClN5O4S.C11H8ClNO3/c1-3-26-13(24)10(17)4-8-5-12(11(18)6-9(8)16)23-15(25)22(14(19)20)7(2)21-23;1-7-14-10(17-12(15-7)22-2)16-11(19)18-23(20,21)9-6-4-3-5-8(9)13;12-8-3-4-9(16-6-10(14)15)11-7(8)2-1-5-13-11/h5-6,10,14H,3-4H2,1-2H3;3-6H,1-2H3,(H2,14,15,16,17,18,19);1-5H,6H2,(H,14,15). The number of alkyl halides is 3. The number of carboxylic acids is 1. The highest BCUT2D eigenvalue weighted by Crippen LogP contribution is 2.30. The van der Waals surface area contributed by atoms with Gasteiger partial charge in [-0.1, -0.05) is 46.9 Å². The van der Waals surface area contributed by atoms with Crippen LogP contribution in [0.4, 0.5) is 23.9 Å². The number of pyridine rings is 1. The van der Waals surface area contributed by atoms with Gasteiger partial charge in [0.05, 0.1) is 23.8 Å². The third-order valence-electron chi connectivity index (χ3n) is 7.98. The number of anilines is 1. The van der Waals surface area contributed by atoms with Crippen LogP contribution in [0.3, 0.4) is 0 Å². The zero-order chi connectivity index (χ0) is 48.2. The van der Waals surface area contributed by atoms with Crippen molar-refractivity contribution < 1.29 is 55.3 Å². The molecule has 6 aromatic rings. The van der Waals surface area contributed by atoms with E-state index in [9.17, 15) is 40.8 Å². The number of aliphatic carboxylic acids is 1. The molecular weight excluding hydrogens is 973 g/mol. The van der Waals surface area contributed by atoms with Gasteiger partial charge in [-0.05, 0) is 74.9 Å². The Morgan fingerprint density at radius 2 is 1.66 bits per heavy atom. The van der Waals surface area contributed by atoms with Crippen molar-refractivity contribution in [2.24, 2.45) is 0 Å². The molecule has 0 fully saturated rings. The van der Waals surface area contributed by atoms with Gasteiger partial charge in [0.25, 0.3) is 10.0 Å². The molecule has 0 aliphatic carbocycles. The number of aromatic nitrogens is 7. The number of amides is 2. The lowest BCUT2D eigenvalue weighted by Gasteiger charge is -2.12. The number of nitrogens with zero attached hydrogens (tertiary/aromatic N) is 7. The molecule has 3 aromatic carbocycles. The zero-order valence-electron chi connectivity index (χ0n) is 33.9. The fourth-order valence-corrected chi connectivity index (χ4v) is 7.31. The number of halogens is 7. The second-order valence-corrected chi connectivity index (χ2v) is 15.9. The minimum Gasteiger partial charge on any atom is -0.480 e. The smallest absolute Gasteiger partial charge is 0.355 e. The lowest BCUT2D eigenvalue weighted by molar-refractivity contribution is -0.142. The number of sulfonamides is 1. The highest BCUT2D eigenvalue weighted by atomic mass is 35.5. The average molecular weight is 1010 g/mol. The molecule has 0 bridgehead atoms. The van der Waals surface area contributed by atoms with Crippen LogP contribution in [-0.4, -0.2) is 91.5 Å². The maximum Gasteiger partial charge on any atom is 0.355 e. The van der Waals surface area contributed by atoms with Gasteiger partial charge in [-0.2, -0.15) is 28.4 Å². The summed E-state index contributed by atoms with van der Waals surface area (Å²) in [4.78, 5) is 61.3. The number of hydrogen-bond donors (Lipinski definition) is 3.